The van der Waals surface area contributed by atoms with Crippen molar-refractivity contribution in [3.8, 4) is 0 Å². The van der Waals surface area contributed by atoms with Gasteiger partial charge in [0.1, 0.15) is 0 Å². The van der Waals surface area contributed by atoms with Crippen molar-refractivity contribution in [1.82, 2.24) is 10.3 Å². The number of nitrogens with two attached hydrogens (primary N) is 2. The summed E-state index contributed by atoms with van der Waals surface area (Å²) < 4.78 is 0. The maximum Gasteiger partial charge on any atom is 0.265 e. The molecule has 0 saturated carbocycles. The summed E-state index contributed by atoms with van der Waals surface area (Å²) in [6.07, 6.45) is 2.09. The van der Waals surface area contributed by atoms with Gasteiger partial charge in [0, 0.05) is 18.2 Å². The van der Waals surface area contributed by atoms with Crippen LogP contribution in [0.4, 0.5) is 0 Å². The molecular weight excluding hydrogens is 228 g/mol. The zero-order valence-corrected chi connectivity index (χ0v) is 10.4. The highest BCUT2D eigenvalue weighted by Crippen LogP contribution is 2.13. The molecule has 0 spiro atoms. The number of carbonyl (C=O) groups excluding carboxylic acids is 1. The number of likely N-dealkylation sites (tertiary alicyclic amines) is 1. The predicted octanol–water partition coefficient (Wildman–Crippen LogP) is 0.213. The summed E-state index contributed by atoms with van der Waals surface area (Å²) in [5.74, 6) is 4.88. The Hall–Kier alpha value is -1.43. The molecule has 1 saturated heterocycles. The number of benzene rings is 1. The lowest BCUT2D eigenvalue weighted by atomic mass is 10.0. The van der Waals surface area contributed by atoms with Gasteiger partial charge in [-0.25, -0.2) is 5.84 Å². The van der Waals surface area contributed by atoms with Gasteiger partial charge in [-0.05, 0) is 43.6 Å². The summed E-state index contributed by atoms with van der Waals surface area (Å²) in [5.41, 5.74) is 9.76. The molecule has 1 fully saturated rings. The Morgan fingerprint density at radius 3 is 2.78 bits per heavy atom. The van der Waals surface area contributed by atoms with Gasteiger partial charge in [-0.1, -0.05) is 12.1 Å². The van der Waals surface area contributed by atoms with Crippen LogP contribution in [-0.2, 0) is 6.54 Å². The summed E-state index contributed by atoms with van der Waals surface area (Å²) in [6, 6.07) is 7.90. The maximum absolute atomic E-state index is 11.4. The van der Waals surface area contributed by atoms with Crippen LogP contribution >= 0.6 is 0 Å². The third kappa shape index (κ3) is 3.29. The molecule has 1 aromatic rings. The van der Waals surface area contributed by atoms with Gasteiger partial charge in [0.15, 0.2) is 0 Å². The number of nitrogens with zero attached hydrogens (tertiary/aromatic N) is 1. The second kappa shape index (κ2) is 5.95. The average molecular weight is 248 g/mol. The van der Waals surface area contributed by atoms with E-state index in [9.17, 15) is 4.79 Å². The molecule has 18 heavy (non-hydrogen) atoms. The predicted molar refractivity (Wildman–Crippen MR) is 70.6 cm³/mol. The average Bonchev–Trinajstić information content (AvgIpc) is 2.41. The Kier molecular flexibility index (Phi) is 4.30. The molecule has 1 heterocycles. The highest BCUT2D eigenvalue weighted by molar-refractivity contribution is 5.93. The minimum absolute atomic E-state index is 0.252. The Bertz CT molecular complexity index is 413. The van der Waals surface area contributed by atoms with Crippen molar-refractivity contribution < 1.29 is 4.79 Å². The molecule has 0 aliphatic carbocycles. The fraction of sp³-hybridized carbons (Fsp3) is 0.462. The van der Waals surface area contributed by atoms with Gasteiger partial charge in [0.05, 0.1) is 0 Å². The number of nitrogen functional groups attached to an aromatic ring is 1. The first-order chi connectivity index (χ1) is 8.69. The molecule has 98 valence electrons. The lowest BCUT2D eigenvalue weighted by Gasteiger charge is -2.30. The molecule has 2 rings (SSSR count). The monoisotopic (exact) mass is 248 g/mol. The van der Waals surface area contributed by atoms with Crippen LogP contribution in [0.15, 0.2) is 24.3 Å². The van der Waals surface area contributed by atoms with Gasteiger partial charge in [0.2, 0.25) is 0 Å². The molecule has 0 radical (unpaired) electrons. The molecule has 0 unspecified atom stereocenters. The van der Waals surface area contributed by atoms with E-state index < -0.39 is 0 Å². The van der Waals surface area contributed by atoms with Crippen molar-refractivity contribution in [2.75, 3.05) is 13.1 Å². The van der Waals surface area contributed by atoms with Crippen molar-refractivity contribution in [3.05, 3.63) is 35.4 Å². The van der Waals surface area contributed by atoms with Gasteiger partial charge >= 0.3 is 0 Å². The van der Waals surface area contributed by atoms with E-state index in [-0.39, 0.29) is 5.91 Å². The van der Waals surface area contributed by atoms with Crippen LogP contribution < -0.4 is 17.0 Å². The second-order valence-electron chi connectivity index (χ2n) is 4.79. The van der Waals surface area contributed by atoms with Gasteiger partial charge in [-0.2, -0.15) is 0 Å². The third-order valence-electron chi connectivity index (χ3n) is 3.36. The van der Waals surface area contributed by atoms with Crippen molar-refractivity contribution in [3.63, 3.8) is 0 Å². The van der Waals surface area contributed by atoms with Crippen LogP contribution in [0.1, 0.15) is 28.8 Å². The zero-order chi connectivity index (χ0) is 13.0. The molecule has 5 heteroatoms. The van der Waals surface area contributed by atoms with E-state index >= 15 is 0 Å². The van der Waals surface area contributed by atoms with Crippen LogP contribution in [0, 0.1) is 0 Å². The largest absolute Gasteiger partial charge is 0.328 e. The summed E-state index contributed by atoms with van der Waals surface area (Å²) in [4.78, 5) is 13.8. The first kappa shape index (κ1) is 13.0. The Morgan fingerprint density at radius 1 is 1.39 bits per heavy atom. The lowest BCUT2D eigenvalue weighted by molar-refractivity contribution is 0.0953. The third-order valence-corrected chi connectivity index (χ3v) is 3.36. The minimum atomic E-state index is -0.252. The highest BCUT2D eigenvalue weighted by atomic mass is 16.2. The fourth-order valence-corrected chi connectivity index (χ4v) is 2.26. The number of nitrogens with one attached hydrogen (secondary N) is 1. The Balaban J connectivity index is 1.99. The Labute approximate surface area is 107 Å². The highest BCUT2D eigenvalue weighted by Gasteiger charge is 2.16. The molecule has 0 atom stereocenters. The molecule has 5 nitrogen and oxygen atoms in total. The van der Waals surface area contributed by atoms with Gasteiger partial charge < -0.3 is 5.73 Å². The topological polar surface area (TPSA) is 84.4 Å². The molecule has 5 N–H and O–H groups in total. The normalized spacial score (nSPS) is 17.7. The molecule has 0 bridgehead atoms. The summed E-state index contributed by atoms with van der Waals surface area (Å²) >= 11 is 0. The Morgan fingerprint density at radius 2 is 2.11 bits per heavy atom. The lowest BCUT2D eigenvalue weighted by Crippen LogP contribution is -2.39. The van der Waals surface area contributed by atoms with Crippen molar-refractivity contribution >= 4 is 5.91 Å². The number of hydrogen-bond donors (Lipinski definition) is 3. The number of rotatable bonds is 3. The van der Waals surface area contributed by atoms with E-state index in [1.807, 2.05) is 18.2 Å². The summed E-state index contributed by atoms with van der Waals surface area (Å²) in [5, 5.41) is 0. The molecular formula is C13H20N4O. The number of hydrogen-bond acceptors (Lipinski definition) is 4. The van der Waals surface area contributed by atoms with Gasteiger partial charge in [-0.15, -0.1) is 0 Å². The van der Waals surface area contributed by atoms with E-state index in [0.29, 0.717) is 11.6 Å². The summed E-state index contributed by atoms with van der Waals surface area (Å²) in [7, 11) is 0. The van der Waals surface area contributed by atoms with Crippen LogP contribution in [0.5, 0.6) is 0 Å². The second-order valence-corrected chi connectivity index (χ2v) is 4.79. The number of amides is 1. The number of carbonyl (C=O) groups is 1. The van der Waals surface area contributed by atoms with E-state index in [1.54, 1.807) is 6.07 Å². The van der Waals surface area contributed by atoms with E-state index in [2.05, 4.69) is 10.3 Å². The molecule has 1 aromatic carbocycles. The van der Waals surface area contributed by atoms with E-state index in [0.717, 1.165) is 38.0 Å². The minimum Gasteiger partial charge on any atom is -0.328 e. The molecule has 1 aliphatic rings. The standard InChI is InChI=1S/C13H20N4O/c14-12-4-6-17(7-5-12)9-10-2-1-3-11(8-10)13(18)16-15/h1-3,8,12H,4-7,9,14-15H2,(H,16,18). The van der Waals surface area contributed by atoms with Crippen LogP contribution in [0.25, 0.3) is 0 Å². The van der Waals surface area contributed by atoms with E-state index in [4.69, 9.17) is 11.6 Å². The molecule has 1 aliphatic heterocycles. The smallest absolute Gasteiger partial charge is 0.265 e. The number of hydrazine groups is 1. The van der Waals surface area contributed by atoms with Gasteiger partial charge in [-0.3, -0.25) is 15.1 Å². The van der Waals surface area contributed by atoms with E-state index in [1.165, 1.54) is 0 Å². The number of piperidine rings is 1. The fourth-order valence-electron chi connectivity index (χ4n) is 2.26. The zero-order valence-electron chi connectivity index (χ0n) is 10.4. The SMILES string of the molecule is NNC(=O)c1cccc(CN2CCC(N)CC2)c1. The first-order valence-electron chi connectivity index (χ1n) is 6.27. The van der Waals surface area contributed by atoms with Crippen LogP contribution in [-0.4, -0.2) is 29.9 Å². The van der Waals surface area contributed by atoms with Crippen molar-refractivity contribution in [1.29, 1.82) is 0 Å². The molecule has 0 aromatic heterocycles. The van der Waals surface area contributed by atoms with Crippen LogP contribution in [0.3, 0.4) is 0 Å². The maximum atomic E-state index is 11.4. The quantitative estimate of drug-likeness (QED) is 0.406. The van der Waals surface area contributed by atoms with Crippen molar-refractivity contribution in [2.24, 2.45) is 11.6 Å². The van der Waals surface area contributed by atoms with Crippen LogP contribution in [0.2, 0.25) is 0 Å². The first-order valence-corrected chi connectivity index (χ1v) is 6.27. The summed E-state index contributed by atoms with van der Waals surface area (Å²) in [6.45, 7) is 2.90. The van der Waals surface area contributed by atoms with Crippen molar-refractivity contribution in [2.45, 2.75) is 25.4 Å². The molecule has 1 amide bonds. The van der Waals surface area contributed by atoms with Gasteiger partial charge in [0.25, 0.3) is 5.91 Å².